The Kier molecular flexibility index (Phi) is 5.15. The summed E-state index contributed by atoms with van der Waals surface area (Å²) in [6, 6.07) is 18.3. The Morgan fingerprint density at radius 2 is 1.77 bits per heavy atom. The number of amides is 1. The summed E-state index contributed by atoms with van der Waals surface area (Å²) in [6.07, 6.45) is 1.02. The van der Waals surface area contributed by atoms with Crippen molar-refractivity contribution in [2.24, 2.45) is 0 Å². The van der Waals surface area contributed by atoms with E-state index in [-0.39, 0.29) is 11.7 Å². The van der Waals surface area contributed by atoms with Gasteiger partial charge in [-0.05, 0) is 22.4 Å². The van der Waals surface area contributed by atoms with Gasteiger partial charge in [-0.15, -0.1) is 0 Å². The quantitative estimate of drug-likeness (QED) is 0.723. The van der Waals surface area contributed by atoms with Crippen LogP contribution in [0.1, 0.15) is 27.0 Å². The third-order valence-corrected chi connectivity index (χ3v) is 6.37. The van der Waals surface area contributed by atoms with Gasteiger partial charge >= 0.3 is 0 Å². The predicted octanol–water partition coefficient (Wildman–Crippen LogP) is 1.53. The van der Waals surface area contributed by atoms with Crippen LogP contribution in [0.5, 0.6) is 5.75 Å². The average molecular weight is 402 g/mol. The van der Waals surface area contributed by atoms with Crippen LogP contribution < -0.4 is 10.0 Å². The normalized spacial score (nSPS) is 18.9. The Hall–Kier alpha value is -2.89. The first-order valence-electron chi connectivity index (χ1n) is 10.7. The summed E-state index contributed by atoms with van der Waals surface area (Å²) < 4.78 is 5.36. The van der Waals surface area contributed by atoms with E-state index in [0.717, 1.165) is 35.8 Å². The molecule has 1 saturated heterocycles. The van der Waals surface area contributed by atoms with Crippen LogP contribution in [0, 0.1) is 0 Å². The molecule has 1 atom stereocenters. The maximum absolute atomic E-state index is 13.5. The fraction of sp³-hybridized carbons (Fsp3) is 0.320. The lowest BCUT2D eigenvalue weighted by Crippen LogP contribution is -3.10. The second kappa shape index (κ2) is 8.09. The highest BCUT2D eigenvalue weighted by Crippen LogP contribution is 2.30. The van der Waals surface area contributed by atoms with Gasteiger partial charge in [0.25, 0.3) is 5.91 Å². The summed E-state index contributed by atoms with van der Waals surface area (Å²) in [5.74, 6) is -0.286. The molecular formula is C25H26N2O3. The van der Waals surface area contributed by atoms with Gasteiger partial charge in [-0.25, -0.2) is 0 Å². The zero-order chi connectivity index (χ0) is 20.5. The molecule has 0 aliphatic carbocycles. The second-order valence-electron chi connectivity index (χ2n) is 8.23. The van der Waals surface area contributed by atoms with Crippen molar-refractivity contribution < 1.29 is 19.5 Å². The van der Waals surface area contributed by atoms with E-state index in [2.05, 4.69) is 24.3 Å². The van der Waals surface area contributed by atoms with Crippen LogP contribution >= 0.6 is 0 Å². The van der Waals surface area contributed by atoms with E-state index < -0.39 is 0 Å². The highest BCUT2D eigenvalue weighted by Gasteiger charge is 2.24. The topological polar surface area (TPSA) is 57.0 Å². The molecule has 1 fully saturated rings. The number of ether oxygens (including phenoxy) is 1. The Balaban J connectivity index is 1.51. The first-order valence-corrected chi connectivity index (χ1v) is 10.7. The lowest BCUT2D eigenvalue weighted by atomic mass is 9.96. The number of fused-ring (bicyclic) bond motifs is 2. The summed E-state index contributed by atoms with van der Waals surface area (Å²) in [5, 5.41) is 15.4. The second-order valence-corrected chi connectivity index (χ2v) is 8.23. The maximum Gasteiger partial charge on any atom is 0.253 e. The van der Waals surface area contributed by atoms with Gasteiger partial charge in [0.05, 0.1) is 19.8 Å². The lowest BCUT2D eigenvalue weighted by molar-refractivity contribution is -0.929. The number of benzene rings is 3. The number of hydrogen-bond acceptors (Lipinski definition) is 3. The van der Waals surface area contributed by atoms with E-state index in [1.165, 1.54) is 16.0 Å². The van der Waals surface area contributed by atoms with Crippen molar-refractivity contribution in [3.63, 3.8) is 0 Å². The van der Waals surface area contributed by atoms with Gasteiger partial charge in [0.2, 0.25) is 0 Å². The van der Waals surface area contributed by atoms with Crippen molar-refractivity contribution in [1.29, 1.82) is 0 Å². The van der Waals surface area contributed by atoms with Gasteiger partial charge in [0.15, 0.2) is 0 Å². The SMILES string of the molecule is O=C(c1cc2ccccc2c(C[NH+]2CCc3ccccc3C2)c1[O-])N1CCOCC1. The number of nitrogens with zero attached hydrogens (tertiary/aromatic N) is 1. The van der Waals surface area contributed by atoms with E-state index in [9.17, 15) is 9.90 Å². The van der Waals surface area contributed by atoms with Crippen LogP contribution in [0.25, 0.3) is 10.8 Å². The highest BCUT2D eigenvalue weighted by atomic mass is 16.5. The van der Waals surface area contributed by atoms with Crippen LogP contribution in [0.2, 0.25) is 0 Å². The molecule has 5 rings (SSSR count). The van der Waals surface area contributed by atoms with Crippen LogP contribution in [0.4, 0.5) is 0 Å². The molecule has 1 N–H and O–H groups in total. The maximum atomic E-state index is 13.5. The molecule has 154 valence electrons. The first kappa shape index (κ1) is 19.1. The largest absolute Gasteiger partial charge is 0.872 e. The van der Waals surface area contributed by atoms with E-state index in [1.807, 2.05) is 24.3 Å². The molecule has 3 aromatic rings. The molecule has 2 aliphatic heterocycles. The Morgan fingerprint density at radius 1 is 1.03 bits per heavy atom. The fourth-order valence-electron chi connectivity index (χ4n) is 4.72. The molecule has 30 heavy (non-hydrogen) atoms. The molecular weight excluding hydrogens is 376 g/mol. The summed E-state index contributed by atoms with van der Waals surface area (Å²) in [4.78, 5) is 16.2. The first-order chi connectivity index (χ1) is 14.7. The van der Waals surface area contributed by atoms with Gasteiger partial charge in [-0.2, -0.15) is 0 Å². The third-order valence-electron chi connectivity index (χ3n) is 6.37. The molecule has 5 nitrogen and oxygen atoms in total. The summed E-state index contributed by atoms with van der Waals surface area (Å²) >= 11 is 0. The highest BCUT2D eigenvalue weighted by molar-refractivity contribution is 6.02. The number of hydrogen-bond donors (Lipinski definition) is 1. The van der Waals surface area contributed by atoms with Gasteiger partial charge in [-0.3, -0.25) is 4.79 Å². The van der Waals surface area contributed by atoms with Gasteiger partial charge in [0.1, 0.15) is 13.1 Å². The molecule has 1 unspecified atom stereocenters. The molecule has 0 bridgehead atoms. The van der Waals surface area contributed by atoms with Gasteiger partial charge < -0.3 is 19.6 Å². The van der Waals surface area contributed by atoms with Crippen LogP contribution in [0.15, 0.2) is 54.6 Å². The molecule has 5 heteroatoms. The molecule has 2 aliphatic rings. The minimum absolute atomic E-state index is 0.114. The summed E-state index contributed by atoms with van der Waals surface area (Å²) in [6.45, 7) is 4.66. The number of nitrogens with one attached hydrogen (secondary N) is 1. The van der Waals surface area contributed by atoms with Crippen molar-refractivity contribution >= 4 is 16.7 Å². The Labute approximate surface area is 176 Å². The summed E-state index contributed by atoms with van der Waals surface area (Å²) in [7, 11) is 0. The van der Waals surface area contributed by atoms with Crippen molar-refractivity contribution in [1.82, 2.24) is 4.90 Å². The molecule has 2 heterocycles. The monoisotopic (exact) mass is 402 g/mol. The van der Waals surface area contributed by atoms with Crippen molar-refractivity contribution in [3.8, 4) is 5.75 Å². The zero-order valence-corrected chi connectivity index (χ0v) is 17.0. The van der Waals surface area contributed by atoms with Crippen LogP contribution in [-0.4, -0.2) is 43.7 Å². The smallest absolute Gasteiger partial charge is 0.253 e. The van der Waals surface area contributed by atoms with E-state index in [1.54, 1.807) is 11.0 Å². The average Bonchev–Trinajstić information content (AvgIpc) is 2.81. The minimum atomic E-state index is -0.172. The number of morpholine rings is 1. The van der Waals surface area contributed by atoms with Gasteiger partial charge in [-0.1, -0.05) is 54.3 Å². The fourth-order valence-corrected chi connectivity index (χ4v) is 4.72. The minimum Gasteiger partial charge on any atom is -0.872 e. The van der Waals surface area contributed by atoms with Crippen LogP contribution in [-0.2, 0) is 24.2 Å². The molecule has 0 aromatic heterocycles. The number of rotatable bonds is 3. The standard InChI is InChI=1S/C25H26N2O3/c28-24-22(25(29)27-11-13-30-14-12-27)15-19-6-3-4-8-21(19)23(24)17-26-10-9-18-5-1-2-7-20(18)16-26/h1-8,15,28H,9-14,16-17H2. The zero-order valence-electron chi connectivity index (χ0n) is 17.0. The molecule has 0 radical (unpaired) electrons. The molecule has 0 saturated carbocycles. The third kappa shape index (κ3) is 3.55. The lowest BCUT2D eigenvalue weighted by Gasteiger charge is -2.31. The Morgan fingerprint density at radius 3 is 2.60 bits per heavy atom. The van der Waals surface area contributed by atoms with E-state index >= 15 is 0 Å². The van der Waals surface area contributed by atoms with Crippen molar-refractivity contribution in [2.75, 3.05) is 32.8 Å². The molecule has 1 amide bonds. The van der Waals surface area contributed by atoms with E-state index in [4.69, 9.17) is 4.74 Å². The van der Waals surface area contributed by atoms with Crippen molar-refractivity contribution in [3.05, 3.63) is 76.9 Å². The number of quaternary nitrogens is 1. The summed E-state index contributed by atoms with van der Waals surface area (Å²) in [5.41, 5.74) is 3.82. The van der Waals surface area contributed by atoms with Crippen LogP contribution in [0.3, 0.4) is 0 Å². The number of carbonyl (C=O) groups excluding carboxylic acids is 1. The van der Waals surface area contributed by atoms with Crippen molar-refractivity contribution in [2.45, 2.75) is 19.5 Å². The van der Waals surface area contributed by atoms with E-state index in [0.29, 0.717) is 38.4 Å². The van der Waals surface area contributed by atoms with Gasteiger partial charge in [0, 0.05) is 36.2 Å². The Bertz CT molecular complexity index is 1090. The predicted molar refractivity (Wildman–Crippen MR) is 114 cm³/mol. The molecule has 3 aromatic carbocycles. The molecule has 0 spiro atoms. The number of carbonyl (C=O) groups is 1.